The highest BCUT2D eigenvalue weighted by Gasteiger charge is 2.18. The molecule has 0 bridgehead atoms. The van der Waals surface area contributed by atoms with Crippen LogP contribution in [0.5, 0.6) is 0 Å². The summed E-state index contributed by atoms with van der Waals surface area (Å²) in [5.74, 6) is 0.475. The molecule has 2 aromatic rings. The summed E-state index contributed by atoms with van der Waals surface area (Å²) < 4.78 is 5.01. The molecule has 6 heteroatoms. The van der Waals surface area contributed by atoms with Crippen LogP contribution in [0.15, 0.2) is 30.5 Å². The van der Waals surface area contributed by atoms with Crippen LogP contribution in [0.3, 0.4) is 0 Å². The van der Waals surface area contributed by atoms with Crippen LogP contribution in [0.4, 0.5) is 5.82 Å². The molecule has 1 aromatic heterocycles. The van der Waals surface area contributed by atoms with Gasteiger partial charge in [0, 0.05) is 25.9 Å². The predicted octanol–water partition coefficient (Wildman–Crippen LogP) is 2.26. The van der Waals surface area contributed by atoms with Crippen molar-refractivity contribution >= 4 is 11.8 Å². The molecule has 0 fully saturated rings. The Kier molecular flexibility index (Phi) is 4.69. The van der Waals surface area contributed by atoms with Crippen molar-refractivity contribution in [1.29, 1.82) is 5.26 Å². The Balaban J connectivity index is 2.49. The Bertz CT molecular complexity index is 735. The van der Waals surface area contributed by atoms with E-state index in [0.29, 0.717) is 22.8 Å². The van der Waals surface area contributed by atoms with Crippen LogP contribution in [-0.4, -0.2) is 36.6 Å². The van der Waals surface area contributed by atoms with Crippen molar-refractivity contribution < 1.29 is 9.53 Å². The molecule has 0 spiro atoms. The molecular weight excluding hydrogens is 280 g/mol. The Labute approximate surface area is 129 Å². The van der Waals surface area contributed by atoms with Gasteiger partial charge in [-0.1, -0.05) is 12.1 Å². The summed E-state index contributed by atoms with van der Waals surface area (Å²) in [6.07, 6.45) is 1.45. The zero-order chi connectivity index (χ0) is 16.1. The number of rotatable bonds is 4. The second-order valence-corrected chi connectivity index (χ2v) is 4.74. The number of carbonyl (C=O) groups excluding carboxylic acids is 1. The summed E-state index contributed by atoms with van der Waals surface area (Å²) in [7, 11) is 3.58. The fourth-order valence-electron chi connectivity index (χ4n) is 1.93. The second-order valence-electron chi connectivity index (χ2n) is 4.74. The first-order valence-corrected chi connectivity index (χ1v) is 6.78. The molecule has 112 valence electrons. The van der Waals surface area contributed by atoms with Gasteiger partial charge in [0.25, 0.3) is 0 Å². The van der Waals surface area contributed by atoms with E-state index < -0.39 is 5.97 Å². The average molecular weight is 296 g/mol. The van der Waals surface area contributed by atoms with Crippen LogP contribution in [0.2, 0.25) is 0 Å². The number of anilines is 1. The van der Waals surface area contributed by atoms with E-state index in [0.717, 1.165) is 5.56 Å². The Hall–Kier alpha value is -2.94. The van der Waals surface area contributed by atoms with Gasteiger partial charge in [-0.05, 0) is 19.1 Å². The van der Waals surface area contributed by atoms with E-state index in [9.17, 15) is 4.79 Å². The highest BCUT2D eigenvalue weighted by Crippen LogP contribution is 2.22. The van der Waals surface area contributed by atoms with Crippen LogP contribution < -0.4 is 4.90 Å². The standard InChI is InChI=1S/C16H16N4O2/c1-4-22-16(21)13-10-18-14(19-15(13)20(2)3)12-7-5-6-11(8-12)9-17/h5-8,10H,4H2,1-3H3. The van der Waals surface area contributed by atoms with Crippen molar-refractivity contribution in [2.75, 3.05) is 25.6 Å². The summed E-state index contributed by atoms with van der Waals surface area (Å²) in [5, 5.41) is 8.97. The SMILES string of the molecule is CCOC(=O)c1cnc(-c2cccc(C#N)c2)nc1N(C)C. The molecule has 0 aliphatic heterocycles. The molecule has 22 heavy (non-hydrogen) atoms. The zero-order valence-corrected chi connectivity index (χ0v) is 12.7. The number of hydrogen-bond donors (Lipinski definition) is 0. The molecule has 1 aromatic carbocycles. The lowest BCUT2D eigenvalue weighted by Gasteiger charge is -2.16. The predicted molar refractivity (Wildman–Crippen MR) is 82.5 cm³/mol. The molecule has 1 heterocycles. The molecule has 0 unspecified atom stereocenters. The quantitative estimate of drug-likeness (QED) is 0.805. The zero-order valence-electron chi connectivity index (χ0n) is 12.7. The number of nitriles is 1. The molecule has 0 atom stereocenters. The van der Waals surface area contributed by atoms with Gasteiger partial charge in [-0.15, -0.1) is 0 Å². The molecule has 0 aliphatic carbocycles. The summed E-state index contributed by atoms with van der Waals surface area (Å²) >= 11 is 0. The number of carbonyl (C=O) groups is 1. The van der Waals surface area contributed by atoms with Crippen molar-refractivity contribution in [1.82, 2.24) is 9.97 Å². The van der Waals surface area contributed by atoms with Crippen molar-refractivity contribution in [3.05, 3.63) is 41.6 Å². The maximum atomic E-state index is 11.9. The molecule has 0 amide bonds. The Morgan fingerprint density at radius 2 is 2.18 bits per heavy atom. The number of ether oxygens (including phenoxy) is 1. The van der Waals surface area contributed by atoms with Crippen LogP contribution in [0.1, 0.15) is 22.8 Å². The van der Waals surface area contributed by atoms with E-state index in [-0.39, 0.29) is 6.61 Å². The monoisotopic (exact) mass is 296 g/mol. The topological polar surface area (TPSA) is 79.1 Å². The van der Waals surface area contributed by atoms with Crippen LogP contribution in [0, 0.1) is 11.3 Å². The molecule has 0 N–H and O–H groups in total. The highest BCUT2D eigenvalue weighted by atomic mass is 16.5. The van der Waals surface area contributed by atoms with Crippen LogP contribution >= 0.6 is 0 Å². The van der Waals surface area contributed by atoms with E-state index >= 15 is 0 Å². The summed E-state index contributed by atoms with van der Waals surface area (Å²) in [6.45, 7) is 2.04. The number of esters is 1. The van der Waals surface area contributed by atoms with Gasteiger partial charge in [0.2, 0.25) is 0 Å². The van der Waals surface area contributed by atoms with Crippen LogP contribution in [0.25, 0.3) is 11.4 Å². The van der Waals surface area contributed by atoms with Gasteiger partial charge in [-0.3, -0.25) is 0 Å². The van der Waals surface area contributed by atoms with Gasteiger partial charge < -0.3 is 9.64 Å². The van der Waals surface area contributed by atoms with Gasteiger partial charge in [-0.25, -0.2) is 14.8 Å². The van der Waals surface area contributed by atoms with Gasteiger partial charge in [0.15, 0.2) is 5.82 Å². The van der Waals surface area contributed by atoms with Gasteiger partial charge in [0.05, 0.1) is 18.2 Å². The third-order valence-corrected chi connectivity index (χ3v) is 2.94. The average Bonchev–Trinajstić information content (AvgIpc) is 2.54. The minimum Gasteiger partial charge on any atom is -0.462 e. The van der Waals surface area contributed by atoms with Gasteiger partial charge in [0.1, 0.15) is 11.4 Å². The molecular formula is C16H16N4O2. The first kappa shape index (κ1) is 15.4. The summed E-state index contributed by atoms with van der Waals surface area (Å²) in [6, 6.07) is 9.09. The van der Waals surface area contributed by atoms with Gasteiger partial charge in [-0.2, -0.15) is 5.26 Å². The third-order valence-electron chi connectivity index (χ3n) is 2.94. The first-order valence-electron chi connectivity index (χ1n) is 6.78. The maximum Gasteiger partial charge on any atom is 0.343 e. The number of hydrogen-bond acceptors (Lipinski definition) is 6. The molecule has 0 saturated carbocycles. The first-order chi connectivity index (χ1) is 10.6. The number of benzene rings is 1. The van der Waals surface area contributed by atoms with Crippen molar-refractivity contribution in [2.45, 2.75) is 6.92 Å². The molecule has 0 saturated heterocycles. The minimum atomic E-state index is -0.455. The van der Waals surface area contributed by atoms with E-state index in [1.165, 1.54) is 6.20 Å². The lowest BCUT2D eigenvalue weighted by Crippen LogP contribution is -2.18. The minimum absolute atomic E-state index is 0.289. The van der Waals surface area contributed by atoms with E-state index in [4.69, 9.17) is 10.00 Å². The largest absolute Gasteiger partial charge is 0.462 e. The van der Waals surface area contributed by atoms with Crippen molar-refractivity contribution in [3.8, 4) is 17.5 Å². The number of aromatic nitrogens is 2. The third kappa shape index (κ3) is 3.20. The normalized spacial score (nSPS) is 9.91. The van der Waals surface area contributed by atoms with Gasteiger partial charge >= 0.3 is 5.97 Å². The number of nitrogens with zero attached hydrogens (tertiary/aromatic N) is 4. The Morgan fingerprint density at radius 1 is 1.41 bits per heavy atom. The summed E-state index contributed by atoms with van der Waals surface area (Å²) in [5.41, 5.74) is 1.56. The molecule has 0 radical (unpaired) electrons. The molecule has 2 rings (SSSR count). The fraction of sp³-hybridized carbons (Fsp3) is 0.250. The molecule has 6 nitrogen and oxygen atoms in total. The van der Waals surface area contributed by atoms with Crippen molar-refractivity contribution in [2.24, 2.45) is 0 Å². The van der Waals surface area contributed by atoms with E-state index in [2.05, 4.69) is 16.0 Å². The smallest absolute Gasteiger partial charge is 0.343 e. The maximum absolute atomic E-state index is 11.9. The van der Waals surface area contributed by atoms with Crippen LogP contribution in [-0.2, 0) is 4.74 Å². The van der Waals surface area contributed by atoms with E-state index in [1.54, 1.807) is 44.1 Å². The van der Waals surface area contributed by atoms with Crippen molar-refractivity contribution in [3.63, 3.8) is 0 Å². The Morgan fingerprint density at radius 3 is 2.82 bits per heavy atom. The highest BCUT2D eigenvalue weighted by molar-refractivity contribution is 5.94. The van der Waals surface area contributed by atoms with E-state index in [1.807, 2.05) is 6.07 Å². The summed E-state index contributed by atoms with van der Waals surface area (Å²) in [4.78, 5) is 22.3. The lowest BCUT2D eigenvalue weighted by atomic mass is 10.1. The lowest BCUT2D eigenvalue weighted by molar-refractivity contribution is 0.0526. The second kappa shape index (κ2) is 6.68. The molecule has 0 aliphatic rings. The fourth-order valence-corrected chi connectivity index (χ4v) is 1.93.